The molecule has 1 amide bonds. The first-order valence-electron chi connectivity index (χ1n) is 10.3. The van der Waals surface area contributed by atoms with E-state index in [9.17, 15) is 9.90 Å². The number of piperazine rings is 1. The van der Waals surface area contributed by atoms with Crippen LogP contribution in [0.5, 0.6) is 0 Å². The van der Waals surface area contributed by atoms with E-state index in [0.717, 1.165) is 25.1 Å². The minimum atomic E-state index is -0.520. The Morgan fingerprint density at radius 3 is 2.83 bits per heavy atom. The first-order chi connectivity index (χ1) is 14.1. The lowest BCUT2D eigenvalue weighted by atomic mass is 9.98. The Morgan fingerprint density at radius 2 is 2.07 bits per heavy atom. The average Bonchev–Trinajstić information content (AvgIpc) is 3.30. The Bertz CT molecular complexity index is 857. The van der Waals surface area contributed by atoms with Gasteiger partial charge in [-0.3, -0.25) is 9.69 Å². The molecule has 0 aliphatic carbocycles. The zero-order chi connectivity index (χ0) is 20.2. The number of fused-ring (bicyclic) bond motifs is 1. The van der Waals surface area contributed by atoms with Gasteiger partial charge in [-0.1, -0.05) is 12.1 Å². The summed E-state index contributed by atoms with van der Waals surface area (Å²) in [5, 5.41) is 11.0. The molecule has 0 spiro atoms. The van der Waals surface area contributed by atoms with Crippen molar-refractivity contribution >= 4 is 23.7 Å². The minimum Gasteiger partial charge on any atom is -0.465 e. The number of hydrogen-bond donors (Lipinski definition) is 1. The van der Waals surface area contributed by atoms with Gasteiger partial charge in [-0.05, 0) is 60.9 Å². The zero-order valence-corrected chi connectivity index (χ0v) is 17.6. The molecule has 2 aliphatic rings. The van der Waals surface area contributed by atoms with E-state index in [-0.39, 0.29) is 11.9 Å². The topological polar surface area (TPSA) is 56.9 Å². The van der Waals surface area contributed by atoms with Gasteiger partial charge in [-0.15, -0.1) is 11.8 Å². The number of amides is 1. The Morgan fingerprint density at radius 1 is 1.24 bits per heavy atom. The smallest absolute Gasteiger partial charge is 0.246 e. The summed E-state index contributed by atoms with van der Waals surface area (Å²) in [5.41, 5.74) is 2.36. The van der Waals surface area contributed by atoms with E-state index in [1.165, 1.54) is 22.6 Å². The zero-order valence-electron chi connectivity index (χ0n) is 16.8. The molecule has 29 heavy (non-hydrogen) atoms. The van der Waals surface area contributed by atoms with Crippen LogP contribution in [0.15, 0.2) is 52.0 Å². The number of nitrogens with zero attached hydrogens (tertiary/aromatic N) is 2. The molecule has 0 radical (unpaired) electrons. The fraction of sp³-hybridized carbons (Fsp3) is 0.435. The normalized spacial score (nSPS) is 19.9. The monoisotopic (exact) mass is 412 g/mol. The molecule has 3 heterocycles. The molecule has 2 aromatic rings. The van der Waals surface area contributed by atoms with Gasteiger partial charge in [0, 0.05) is 43.2 Å². The van der Waals surface area contributed by atoms with E-state index >= 15 is 0 Å². The van der Waals surface area contributed by atoms with Crippen LogP contribution in [-0.2, 0) is 11.2 Å². The molecule has 1 N–H and O–H groups in total. The largest absolute Gasteiger partial charge is 0.465 e. The fourth-order valence-electron chi connectivity index (χ4n) is 4.04. The second-order valence-electron chi connectivity index (χ2n) is 7.71. The fourth-order valence-corrected chi connectivity index (χ4v) is 5.06. The predicted octanol–water partition coefficient (Wildman–Crippen LogP) is 3.60. The van der Waals surface area contributed by atoms with Gasteiger partial charge in [0.1, 0.15) is 5.76 Å². The number of hydrogen-bond acceptors (Lipinski definition) is 5. The molecule has 4 rings (SSSR count). The van der Waals surface area contributed by atoms with Crippen LogP contribution < -0.4 is 0 Å². The van der Waals surface area contributed by atoms with E-state index in [0.29, 0.717) is 18.8 Å². The third-order valence-corrected chi connectivity index (χ3v) is 7.07. The molecule has 1 saturated heterocycles. The second kappa shape index (κ2) is 9.20. The van der Waals surface area contributed by atoms with Crippen LogP contribution in [0.25, 0.3) is 6.08 Å². The first kappa shape index (κ1) is 20.3. The highest BCUT2D eigenvalue weighted by molar-refractivity contribution is 7.99. The van der Waals surface area contributed by atoms with Gasteiger partial charge in [0.25, 0.3) is 0 Å². The third-order valence-electron chi connectivity index (χ3n) is 5.87. The summed E-state index contributed by atoms with van der Waals surface area (Å²) >= 11 is 1.91. The Kier molecular flexibility index (Phi) is 6.43. The summed E-state index contributed by atoms with van der Waals surface area (Å²) in [5.74, 6) is 1.86. The first-order valence-corrected chi connectivity index (χ1v) is 11.3. The second-order valence-corrected chi connectivity index (χ2v) is 8.85. The number of furan rings is 1. The third kappa shape index (κ3) is 4.77. The van der Waals surface area contributed by atoms with Crippen molar-refractivity contribution in [3.05, 3.63) is 59.6 Å². The molecule has 1 aromatic carbocycles. The van der Waals surface area contributed by atoms with Crippen molar-refractivity contribution in [3.8, 4) is 0 Å². The van der Waals surface area contributed by atoms with Crippen molar-refractivity contribution in [3.63, 3.8) is 0 Å². The van der Waals surface area contributed by atoms with Crippen molar-refractivity contribution < 1.29 is 14.3 Å². The van der Waals surface area contributed by atoms with Crippen molar-refractivity contribution in [1.82, 2.24) is 9.80 Å². The molecule has 0 saturated carbocycles. The van der Waals surface area contributed by atoms with E-state index in [4.69, 9.17) is 4.42 Å². The average molecular weight is 413 g/mol. The van der Waals surface area contributed by atoms with Gasteiger partial charge >= 0.3 is 0 Å². The van der Waals surface area contributed by atoms with E-state index in [2.05, 4.69) is 30.0 Å². The Hall–Kier alpha value is -2.02. The molecular weight excluding hydrogens is 384 g/mol. The van der Waals surface area contributed by atoms with Gasteiger partial charge in [0.15, 0.2) is 0 Å². The minimum absolute atomic E-state index is 0.00133. The van der Waals surface area contributed by atoms with Crippen LogP contribution in [0.1, 0.15) is 36.3 Å². The Balaban J connectivity index is 1.32. The molecule has 2 atom stereocenters. The van der Waals surface area contributed by atoms with Gasteiger partial charge in [-0.2, -0.15) is 0 Å². The maximum Gasteiger partial charge on any atom is 0.246 e. The lowest BCUT2D eigenvalue weighted by Crippen LogP contribution is -2.52. The highest BCUT2D eigenvalue weighted by Gasteiger charge is 2.28. The van der Waals surface area contributed by atoms with Crippen molar-refractivity contribution in [2.75, 3.05) is 31.9 Å². The number of carbonyl (C=O) groups is 1. The lowest BCUT2D eigenvalue weighted by molar-refractivity contribution is -0.128. The van der Waals surface area contributed by atoms with Gasteiger partial charge in [0.05, 0.1) is 12.4 Å². The molecule has 0 bridgehead atoms. The number of aliphatic hydroxyl groups is 1. The molecule has 6 heteroatoms. The number of thioether (sulfide) groups is 1. The summed E-state index contributed by atoms with van der Waals surface area (Å²) in [7, 11) is 0. The molecule has 5 nitrogen and oxygen atoms in total. The number of rotatable bonds is 5. The van der Waals surface area contributed by atoms with Crippen LogP contribution in [0.4, 0.5) is 0 Å². The summed E-state index contributed by atoms with van der Waals surface area (Å²) in [4.78, 5) is 17.9. The molecule has 1 fully saturated rings. The highest BCUT2D eigenvalue weighted by Crippen LogP contribution is 2.33. The quantitative estimate of drug-likeness (QED) is 0.761. The van der Waals surface area contributed by atoms with E-state index in [1.54, 1.807) is 24.5 Å². The summed E-state index contributed by atoms with van der Waals surface area (Å²) in [6.45, 7) is 4.93. The van der Waals surface area contributed by atoms with Gasteiger partial charge < -0.3 is 14.4 Å². The maximum atomic E-state index is 12.4. The van der Waals surface area contributed by atoms with Crippen molar-refractivity contribution in [2.45, 2.75) is 36.8 Å². The van der Waals surface area contributed by atoms with E-state index in [1.807, 2.05) is 22.7 Å². The predicted molar refractivity (Wildman–Crippen MR) is 116 cm³/mol. The highest BCUT2D eigenvalue weighted by atomic mass is 32.2. The van der Waals surface area contributed by atoms with Crippen LogP contribution in [0, 0.1) is 0 Å². The van der Waals surface area contributed by atoms with Gasteiger partial charge in [-0.25, -0.2) is 0 Å². The van der Waals surface area contributed by atoms with Crippen LogP contribution >= 0.6 is 11.8 Å². The SMILES string of the molecule is CC(C(O)c1ccc2c(c1)CCCS2)N1CCN(C(=O)C=Cc2ccco2)CC1. The summed E-state index contributed by atoms with van der Waals surface area (Å²) in [6, 6.07) is 10.0. The number of benzene rings is 1. The van der Waals surface area contributed by atoms with E-state index < -0.39 is 6.10 Å². The number of carbonyl (C=O) groups excluding carboxylic acids is 1. The molecular formula is C23H28N2O3S. The molecule has 1 aromatic heterocycles. The maximum absolute atomic E-state index is 12.4. The van der Waals surface area contributed by atoms with Gasteiger partial charge in [0.2, 0.25) is 5.91 Å². The number of aryl methyl sites for hydroxylation is 1. The summed E-state index contributed by atoms with van der Waals surface area (Å²) in [6.07, 6.45) is 6.65. The Labute approximate surface area is 176 Å². The van der Waals surface area contributed by atoms with Crippen molar-refractivity contribution in [2.24, 2.45) is 0 Å². The van der Waals surface area contributed by atoms with Crippen molar-refractivity contribution in [1.29, 1.82) is 0 Å². The molecule has 154 valence electrons. The van der Waals surface area contributed by atoms with Crippen LogP contribution in [0.2, 0.25) is 0 Å². The summed E-state index contributed by atoms with van der Waals surface area (Å²) < 4.78 is 5.23. The molecule has 2 aliphatic heterocycles. The van der Waals surface area contributed by atoms with Crippen LogP contribution in [-0.4, -0.2) is 58.8 Å². The standard InChI is InChI=1S/C23H28N2O3S/c1-17(23(27)19-6-8-21-18(16-19)4-3-15-29-21)24-10-12-25(13-11-24)22(26)9-7-20-5-2-14-28-20/h2,5-9,14,16-17,23,27H,3-4,10-13,15H2,1H3. The van der Waals surface area contributed by atoms with Crippen LogP contribution in [0.3, 0.4) is 0 Å². The number of aliphatic hydroxyl groups excluding tert-OH is 1. The molecule has 2 unspecified atom stereocenters. The lowest BCUT2D eigenvalue weighted by Gasteiger charge is -2.39.